The summed E-state index contributed by atoms with van der Waals surface area (Å²) in [7, 11) is 2.12. The number of hydrogen-bond acceptors (Lipinski definition) is 5. The van der Waals surface area contributed by atoms with E-state index in [0.29, 0.717) is 5.69 Å². The zero-order valence-electron chi connectivity index (χ0n) is 21.7. The minimum atomic E-state index is -0.294. The lowest BCUT2D eigenvalue weighted by Crippen LogP contribution is -2.27. The van der Waals surface area contributed by atoms with Crippen LogP contribution in [0.15, 0.2) is 84.4 Å². The maximum Gasteiger partial charge on any atom is 0.323 e. The summed E-state index contributed by atoms with van der Waals surface area (Å²) >= 11 is 1.77. The van der Waals surface area contributed by atoms with E-state index >= 15 is 0 Å². The predicted octanol–water partition coefficient (Wildman–Crippen LogP) is 7.41. The van der Waals surface area contributed by atoms with Crippen LogP contribution in [0.2, 0.25) is 0 Å². The van der Waals surface area contributed by atoms with Crippen molar-refractivity contribution in [2.45, 2.75) is 38.8 Å². The molecule has 0 saturated heterocycles. The highest BCUT2D eigenvalue weighted by molar-refractivity contribution is 7.09. The number of benzene rings is 2. The number of amides is 2. The molecule has 6 nitrogen and oxygen atoms in total. The van der Waals surface area contributed by atoms with E-state index in [4.69, 9.17) is 0 Å². The molecular formula is C30H33N5OS. The number of nitrogens with one attached hydrogen (secondary N) is 2. The molecule has 1 aliphatic heterocycles. The summed E-state index contributed by atoms with van der Waals surface area (Å²) < 4.78 is 0. The smallest absolute Gasteiger partial charge is 0.323 e. The zero-order chi connectivity index (χ0) is 26.0. The van der Waals surface area contributed by atoms with E-state index in [1.54, 1.807) is 17.5 Å². The molecule has 0 aliphatic carbocycles. The first-order valence-corrected chi connectivity index (χ1v) is 13.4. The molecule has 0 radical (unpaired) electrons. The number of fused-ring (bicyclic) bond motifs is 1. The van der Waals surface area contributed by atoms with Gasteiger partial charge in [-0.15, -0.1) is 11.3 Å². The molecule has 2 amide bonds. The van der Waals surface area contributed by atoms with Crippen molar-refractivity contribution in [3.63, 3.8) is 0 Å². The third kappa shape index (κ3) is 5.38. The third-order valence-electron chi connectivity index (χ3n) is 7.04. The second-order valence-electron chi connectivity index (χ2n) is 10.2. The monoisotopic (exact) mass is 511 g/mol. The van der Waals surface area contributed by atoms with Gasteiger partial charge in [0.1, 0.15) is 0 Å². The van der Waals surface area contributed by atoms with Crippen molar-refractivity contribution in [2.24, 2.45) is 0 Å². The quantitative estimate of drug-likeness (QED) is 0.271. The number of anilines is 4. The van der Waals surface area contributed by atoms with Gasteiger partial charge < -0.3 is 15.5 Å². The van der Waals surface area contributed by atoms with Crippen molar-refractivity contribution in [1.82, 2.24) is 9.88 Å². The van der Waals surface area contributed by atoms with Gasteiger partial charge >= 0.3 is 6.03 Å². The van der Waals surface area contributed by atoms with Crippen LogP contribution < -0.4 is 15.5 Å². The molecule has 0 bridgehead atoms. The molecule has 37 heavy (non-hydrogen) atoms. The number of thiophene rings is 1. The molecule has 7 heteroatoms. The van der Waals surface area contributed by atoms with Crippen molar-refractivity contribution in [1.29, 1.82) is 0 Å². The molecule has 1 aliphatic rings. The van der Waals surface area contributed by atoms with Crippen LogP contribution in [0.25, 0.3) is 0 Å². The van der Waals surface area contributed by atoms with E-state index in [2.05, 4.69) is 95.0 Å². The average Bonchev–Trinajstić information content (AvgIpc) is 3.49. The first-order valence-electron chi connectivity index (χ1n) is 12.5. The lowest BCUT2D eigenvalue weighted by atomic mass is 9.87. The Kier molecular flexibility index (Phi) is 7.00. The summed E-state index contributed by atoms with van der Waals surface area (Å²) in [5.41, 5.74) is 4.97. The standard InChI is InChI=1S/C30H33N5OS/c1-21(34(4)19-24-12-9-17-37-24)22-10-7-11-23(18-22)32-29(36)33-26-14-8-16-31-28(26)35-20-30(2,3)25-13-5-6-15-27(25)35/h5-18,21H,19-20H2,1-4H3,(H2,32,33,36). The molecular weight excluding hydrogens is 478 g/mol. The van der Waals surface area contributed by atoms with Gasteiger partial charge in [0.2, 0.25) is 0 Å². The largest absolute Gasteiger partial charge is 0.324 e. The van der Waals surface area contributed by atoms with Crippen LogP contribution in [0.4, 0.5) is 27.7 Å². The van der Waals surface area contributed by atoms with Gasteiger partial charge in [-0.2, -0.15) is 0 Å². The lowest BCUT2D eigenvalue weighted by molar-refractivity contribution is 0.255. The molecule has 1 atom stereocenters. The van der Waals surface area contributed by atoms with Gasteiger partial charge in [0.25, 0.3) is 0 Å². The highest BCUT2D eigenvalue weighted by atomic mass is 32.1. The number of nitrogens with zero attached hydrogens (tertiary/aromatic N) is 3. The molecule has 0 saturated carbocycles. The maximum atomic E-state index is 13.1. The fraction of sp³-hybridized carbons (Fsp3) is 0.267. The van der Waals surface area contributed by atoms with E-state index < -0.39 is 0 Å². The Labute approximate surface area is 223 Å². The van der Waals surface area contributed by atoms with Gasteiger partial charge in [-0.25, -0.2) is 9.78 Å². The molecule has 2 aromatic heterocycles. The zero-order valence-corrected chi connectivity index (χ0v) is 22.5. The Morgan fingerprint density at radius 2 is 1.92 bits per heavy atom. The minimum absolute atomic E-state index is 0.0125. The molecule has 2 aromatic carbocycles. The van der Waals surface area contributed by atoms with Gasteiger partial charge in [-0.1, -0.05) is 50.2 Å². The summed E-state index contributed by atoms with van der Waals surface area (Å²) in [6, 6.07) is 24.3. The Morgan fingerprint density at radius 1 is 1.08 bits per heavy atom. The minimum Gasteiger partial charge on any atom is -0.324 e. The highest BCUT2D eigenvalue weighted by Crippen LogP contribution is 2.45. The molecule has 1 unspecified atom stereocenters. The average molecular weight is 512 g/mol. The Bertz CT molecular complexity index is 1380. The van der Waals surface area contributed by atoms with Crippen molar-refractivity contribution >= 4 is 40.2 Å². The lowest BCUT2D eigenvalue weighted by Gasteiger charge is -2.25. The topological polar surface area (TPSA) is 60.5 Å². The number of urea groups is 1. The molecule has 190 valence electrons. The Hall–Kier alpha value is -3.68. The maximum absolute atomic E-state index is 13.1. The second-order valence-corrected chi connectivity index (χ2v) is 11.3. The number of carbonyl (C=O) groups is 1. The molecule has 5 rings (SSSR count). The number of aromatic nitrogens is 1. The Balaban J connectivity index is 1.30. The first-order chi connectivity index (χ1) is 17.8. The summed E-state index contributed by atoms with van der Waals surface area (Å²) in [5, 5.41) is 8.15. The summed E-state index contributed by atoms with van der Waals surface area (Å²) in [4.78, 5) is 23.6. The van der Waals surface area contributed by atoms with Gasteiger partial charge in [-0.3, -0.25) is 4.90 Å². The third-order valence-corrected chi connectivity index (χ3v) is 7.90. The van der Waals surface area contributed by atoms with Crippen LogP contribution in [0.3, 0.4) is 0 Å². The van der Waals surface area contributed by atoms with E-state index in [1.807, 2.05) is 36.4 Å². The van der Waals surface area contributed by atoms with Crippen molar-refractivity contribution in [3.05, 3.63) is 100 Å². The Morgan fingerprint density at radius 3 is 2.73 bits per heavy atom. The summed E-state index contributed by atoms with van der Waals surface area (Å²) in [6.07, 6.45) is 1.77. The second kappa shape index (κ2) is 10.4. The van der Waals surface area contributed by atoms with Crippen LogP contribution in [0, 0.1) is 0 Å². The van der Waals surface area contributed by atoms with Gasteiger partial charge in [0.15, 0.2) is 5.82 Å². The van der Waals surface area contributed by atoms with E-state index in [1.165, 1.54) is 10.4 Å². The fourth-order valence-electron chi connectivity index (χ4n) is 4.95. The molecule has 0 spiro atoms. The number of hydrogen-bond donors (Lipinski definition) is 2. The van der Waals surface area contributed by atoms with Crippen LogP contribution in [-0.4, -0.2) is 29.5 Å². The normalized spacial score (nSPS) is 14.9. The van der Waals surface area contributed by atoms with Crippen molar-refractivity contribution in [2.75, 3.05) is 29.1 Å². The number of para-hydroxylation sites is 1. The number of carbonyl (C=O) groups excluding carboxylic acids is 1. The van der Waals surface area contributed by atoms with Crippen molar-refractivity contribution in [3.8, 4) is 0 Å². The van der Waals surface area contributed by atoms with E-state index in [-0.39, 0.29) is 17.5 Å². The predicted molar refractivity (Wildman–Crippen MR) is 154 cm³/mol. The van der Waals surface area contributed by atoms with Crippen LogP contribution >= 0.6 is 11.3 Å². The number of pyridine rings is 1. The number of rotatable bonds is 7. The van der Waals surface area contributed by atoms with Gasteiger partial charge in [0.05, 0.1) is 5.69 Å². The van der Waals surface area contributed by atoms with E-state index in [0.717, 1.165) is 35.8 Å². The molecule has 0 fully saturated rings. The van der Waals surface area contributed by atoms with Gasteiger partial charge in [-0.05, 0) is 66.9 Å². The van der Waals surface area contributed by atoms with Crippen LogP contribution in [0.5, 0.6) is 0 Å². The molecule has 3 heterocycles. The van der Waals surface area contributed by atoms with Crippen LogP contribution in [-0.2, 0) is 12.0 Å². The van der Waals surface area contributed by atoms with Crippen LogP contribution in [0.1, 0.15) is 42.8 Å². The van der Waals surface area contributed by atoms with Gasteiger partial charge in [0, 0.05) is 47.0 Å². The summed E-state index contributed by atoms with van der Waals surface area (Å²) in [5.74, 6) is 0.744. The molecule has 2 N–H and O–H groups in total. The summed E-state index contributed by atoms with van der Waals surface area (Å²) in [6.45, 7) is 8.33. The SMILES string of the molecule is CC(c1cccc(NC(=O)Nc2cccnc2N2CC(C)(C)c3ccccc32)c1)N(C)Cc1cccs1. The molecule has 4 aromatic rings. The van der Waals surface area contributed by atoms with Crippen molar-refractivity contribution < 1.29 is 4.79 Å². The highest BCUT2D eigenvalue weighted by Gasteiger charge is 2.36. The fourth-order valence-corrected chi connectivity index (χ4v) is 5.71. The first kappa shape index (κ1) is 25.0. The van der Waals surface area contributed by atoms with E-state index in [9.17, 15) is 4.79 Å².